The number of carbonyl (C=O) groups excluding carboxylic acids is 1. The van der Waals surface area contributed by atoms with Gasteiger partial charge in [-0.2, -0.15) is 0 Å². The Bertz CT molecular complexity index is 441. The van der Waals surface area contributed by atoms with Crippen molar-refractivity contribution in [1.29, 1.82) is 0 Å². The van der Waals surface area contributed by atoms with Crippen molar-refractivity contribution in [2.45, 2.75) is 19.4 Å². The fourth-order valence-electron chi connectivity index (χ4n) is 1.58. The summed E-state index contributed by atoms with van der Waals surface area (Å²) in [6, 6.07) is 4.08. The zero-order chi connectivity index (χ0) is 11.0. The molecule has 0 spiro atoms. The first-order chi connectivity index (χ1) is 7.08. The number of nitro benzene ring substituents is 1. The van der Waals surface area contributed by atoms with Gasteiger partial charge in [-0.25, -0.2) is 0 Å². The monoisotopic (exact) mass is 207 g/mol. The Balaban J connectivity index is 2.48. The first-order valence-electron chi connectivity index (χ1n) is 4.56. The predicted octanol–water partition coefficient (Wildman–Crippen LogP) is 1.95. The second-order valence-electron chi connectivity index (χ2n) is 3.49. The molecule has 1 aromatic rings. The number of hydrogen-bond acceptors (Lipinski definition) is 4. The fourth-order valence-corrected chi connectivity index (χ4v) is 1.58. The number of benzene rings is 1. The van der Waals surface area contributed by atoms with Crippen LogP contribution in [0.3, 0.4) is 0 Å². The third-order valence-corrected chi connectivity index (χ3v) is 2.28. The van der Waals surface area contributed by atoms with Gasteiger partial charge < -0.3 is 4.74 Å². The van der Waals surface area contributed by atoms with Gasteiger partial charge in [-0.1, -0.05) is 0 Å². The Morgan fingerprint density at radius 2 is 2.27 bits per heavy atom. The lowest BCUT2D eigenvalue weighted by Gasteiger charge is -2.21. The maximum Gasteiger partial charge on any atom is 0.270 e. The molecule has 0 N–H and O–H groups in total. The van der Waals surface area contributed by atoms with E-state index in [2.05, 4.69) is 0 Å². The number of Topliss-reactive ketones (excluding diaryl/α,β-unsaturated/α-hetero) is 1. The molecule has 2 rings (SSSR count). The lowest BCUT2D eigenvalue weighted by Crippen LogP contribution is -2.23. The van der Waals surface area contributed by atoms with Gasteiger partial charge in [0.25, 0.3) is 5.69 Å². The van der Waals surface area contributed by atoms with Crippen molar-refractivity contribution in [3.63, 3.8) is 0 Å². The number of ketones is 1. The van der Waals surface area contributed by atoms with Crippen LogP contribution in [0.15, 0.2) is 18.2 Å². The van der Waals surface area contributed by atoms with Gasteiger partial charge in [-0.3, -0.25) is 14.9 Å². The van der Waals surface area contributed by atoms with Crippen LogP contribution in [0, 0.1) is 10.1 Å². The summed E-state index contributed by atoms with van der Waals surface area (Å²) in [7, 11) is 0. The molecule has 78 valence electrons. The quantitative estimate of drug-likeness (QED) is 0.521. The summed E-state index contributed by atoms with van der Waals surface area (Å²) in [6.07, 6.45) is 0.111. The Kier molecular flexibility index (Phi) is 2.15. The predicted molar refractivity (Wildman–Crippen MR) is 52.1 cm³/mol. The van der Waals surface area contributed by atoms with Crippen molar-refractivity contribution in [3.05, 3.63) is 33.9 Å². The van der Waals surface area contributed by atoms with E-state index in [0.29, 0.717) is 11.3 Å². The third-order valence-electron chi connectivity index (χ3n) is 2.28. The van der Waals surface area contributed by atoms with E-state index in [1.807, 2.05) is 0 Å². The summed E-state index contributed by atoms with van der Waals surface area (Å²) < 4.78 is 5.39. The molecule has 0 fully saturated rings. The van der Waals surface area contributed by atoms with Crippen LogP contribution in [0.5, 0.6) is 5.75 Å². The molecule has 5 nitrogen and oxygen atoms in total. The molecule has 1 aliphatic rings. The fraction of sp³-hybridized carbons (Fsp3) is 0.300. The smallest absolute Gasteiger partial charge is 0.270 e. The summed E-state index contributed by atoms with van der Waals surface area (Å²) >= 11 is 0. The maximum absolute atomic E-state index is 11.6. The Morgan fingerprint density at radius 3 is 2.93 bits per heavy atom. The molecule has 0 saturated carbocycles. The van der Waals surface area contributed by atoms with Crippen LogP contribution < -0.4 is 4.74 Å². The van der Waals surface area contributed by atoms with Crippen LogP contribution in [0.1, 0.15) is 23.7 Å². The molecule has 1 aromatic carbocycles. The number of fused-ring (bicyclic) bond motifs is 1. The number of carbonyl (C=O) groups is 1. The Morgan fingerprint density at radius 1 is 1.53 bits per heavy atom. The van der Waals surface area contributed by atoms with E-state index in [1.54, 1.807) is 6.92 Å². The molecular formula is C10H9NO4. The molecule has 5 heteroatoms. The van der Waals surface area contributed by atoms with Gasteiger partial charge >= 0.3 is 0 Å². The van der Waals surface area contributed by atoms with E-state index in [0.717, 1.165) is 0 Å². The third kappa shape index (κ3) is 1.68. The van der Waals surface area contributed by atoms with E-state index in [-0.39, 0.29) is 24.0 Å². The first-order valence-corrected chi connectivity index (χ1v) is 4.56. The number of rotatable bonds is 1. The summed E-state index contributed by atoms with van der Waals surface area (Å²) in [5, 5.41) is 10.5. The number of hydrogen-bond donors (Lipinski definition) is 0. The minimum absolute atomic E-state index is 0.0831. The molecule has 0 unspecified atom stereocenters. The average Bonchev–Trinajstić information content (AvgIpc) is 2.16. The molecule has 1 aliphatic heterocycles. The van der Waals surface area contributed by atoms with Crippen LogP contribution in [0.4, 0.5) is 5.69 Å². The van der Waals surface area contributed by atoms with Crippen LogP contribution in [-0.2, 0) is 0 Å². The molecule has 1 atom stereocenters. The lowest BCUT2D eigenvalue weighted by atomic mass is 10.0. The van der Waals surface area contributed by atoms with Gasteiger partial charge in [0, 0.05) is 18.6 Å². The highest BCUT2D eigenvalue weighted by molar-refractivity contribution is 6.00. The molecule has 0 bridgehead atoms. The molecule has 0 amide bonds. The normalized spacial score (nSPS) is 19.3. The SMILES string of the molecule is C[C@@H]1CC(=O)c2cc([N+](=O)[O-])ccc2O1. The minimum Gasteiger partial charge on any atom is -0.489 e. The Hall–Kier alpha value is -1.91. The largest absolute Gasteiger partial charge is 0.489 e. The van der Waals surface area contributed by atoms with Crippen molar-refractivity contribution < 1.29 is 14.5 Å². The molecule has 1 heterocycles. The summed E-state index contributed by atoms with van der Waals surface area (Å²) in [5.41, 5.74) is 0.225. The maximum atomic E-state index is 11.6. The highest BCUT2D eigenvalue weighted by Crippen LogP contribution is 2.30. The molecule has 0 saturated heterocycles. The van der Waals surface area contributed by atoms with Crippen molar-refractivity contribution in [2.75, 3.05) is 0 Å². The van der Waals surface area contributed by atoms with E-state index < -0.39 is 4.92 Å². The summed E-state index contributed by atoms with van der Waals surface area (Å²) in [5.74, 6) is 0.330. The van der Waals surface area contributed by atoms with Crippen LogP contribution in [-0.4, -0.2) is 16.8 Å². The van der Waals surface area contributed by atoms with E-state index in [1.165, 1.54) is 18.2 Å². The molecular weight excluding hydrogens is 198 g/mol. The van der Waals surface area contributed by atoms with Crippen LogP contribution in [0.2, 0.25) is 0 Å². The van der Waals surface area contributed by atoms with Crippen molar-refractivity contribution in [2.24, 2.45) is 0 Å². The molecule has 0 radical (unpaired) electrons. The van der Waals surface area contributed by atoms with Gasteiger partial charge in [0.2, 0.25) is 0 Å². The van der Waals surface area contributed by atoms with Gasteiger partial charge in [0.1, 0.15) is 11.9 Å². The number of nitro groups is 1. The molecule has 0 aromatic heterocycles. The van der Waals surface area contributed by atoms with Crippen LogP contribution in [0.25, 0.3) is 0 Å². The summed E-state index contributed by atoms with van der Waals surface area (Å²) in [4.78, 5) is 21.6. The highest BCUT2D eigenvalue weighted by atomic mass is 16.6. The van der Waals surface area contributed by atoms with Gasteiger partial charge in [-0.05, 0) is 13.0 Å². The second kappa shape index (κ2) is 3.34. The zero-order valence-corrected chi connectivity index (χ0v) is 8.10. The molecule has 15 heavy (non-hydrogen) atoms. The van der Waals surface area contributed by atoms with E-state index in [4.69, 9.17) is 4.74 Å². The average molecular weight is 207 g/mol. The van der Waals surface area contributed by atoms with Crippen molar-refractivity contribution in [1.82, 2.24) is 0 Å². The lowest BCUT2D eigenvalue weighted by molar-refractivity contribution is -0.384. The van der Waals surface area contributed by atoms with Crippen molar-refractivity contribution in [3.8, 4) is 5.75 Å². The molecule has 0 aliphatic carbocycles. The van der Waals surface area contributed by atoms with Crippen molar-refractivity contribution >= 4 is 11.5 Å². The summed E-state index contributed by atoms with van der Waals surface area (Å²) in [6.45, 7) is 1.79. The van der Waals surface area contributed by atoms with E-state index >= 15 is 0 Å². The highest BCUT2D eigenvalue weighted by Gasteiger charge is 2.25. The van der Waals surface area contributed by atoms with E-state index in [9.17, 15) is 14.9 Å². The second-order valence-corrected chi connectivity index (χ2v) is 3.49. The van der Waals surface area contributed by atoms with Gasteiger partial charge in [0.05, 0.1) is 10.5 Å². The number of ether oxygens (including phenoxy) is 1. The van der Waals surface area contributed by atoms with Gasteiger partial charge in [-0.15, -0.1) is 0 Å². The zero-order valence-electron chi connectivity index (χ0n) is 8.10. The first kappa shape index (κ1) is 9.64. The Labute approximate surface area is 85.8 Å². The standard InChI is InChI=1S/C10H9NO4/c1-6-4-9(12)8-5-7(11(13)14)2-3-10(8)15-6/h2-3,5-6H,4H2,1H3/t6-/m1/s1. The minimum atomic E-state index is -0.522. The number of nitrogens with zero attached hydrogens (tertiary/aromatic N) is 1. The number of non-ortho nitro benzene ring substituents is 1. The van der Waals surface area contributed by atoms with Crippen LogP contribution >= 0.6 is 0 Å². The topological polar surface area (TPSA) is 69.4 Å². The van der Waals surface area contributed by atoms with Gasteiger partial charge in [0.15, 0.2) is 5.78 Å².